The smallest absolute Gasteiger partial charge is 0.357 e. The molecule has 0 saturated carbocycles. The van der Waals surface area contributed by atoms with Crippen LogP contribution in [0.4, 0.5) is 5.13 Å². The zero-order valence-electron chi connectivity index (χ0n) is 14.6. The number of aryl methyl sites for hydroxylation is 1. The quantitative estimate of drug-likeness (QED) is 0.642. The van der Waals surface area contributed by atoms with Gasteiger partial charge in [-0.1, -0.05) is 20.3 Å². The summed E-state index contributed by atoms with van der Waals surface area (Å²) < 4.78 is 4.78. The normalized spacial score (nSPS) is 14.1. The number of anilines is 1. The van der Waals surface area contributed by atoms with Crippen LogP contribution in [0.15, 0.2) is 0 Å². The molecule has 0 unspecified atom stereocenters. The van der Waals surface area contributed by atoms with Gasteiger partial charge in [0.2, 0.25) is 0 Å². The van der Waals surface area contributed by atoms with Crippen molar-refractivity contribution in [3.05, 3.63) is 27.5 Å². The van der Waals surface area contributed by atoms with Crippen LogP contribution < -0.4 is 5.32 Å². The average molecular weight is 362 g/mol. The van der Waals surface area contributed by atoms with Crippen LogP contribution in [0.1, 0.15) is 76.1 Å². The van der Waals surface area contributed by atoms with Crippen LogP contribution >= 0.6 is 11.3 Å². The van der Waals surface area contributed by atoms with Gasteiger partial charge in [-0.3, -0.25) is 15.2 Å². The molecular weight excluding hydrogens is 340 g/mol. The fraction of sp³-hybridized carbons (Fsp3) is 0.529. The standard InChI is InChI=1S/C17H22N4O3S/c1-9(2)14-13(16(23)24-3)18-17(25-14)19-15(22)12-10-7-5-4-6-8-11(10)20-21-12/h9H,4-8H2,1-3H3,(H,20,21)(H,18,19,22). The molecule has 2 heterocycles. The van der Waals surface area contributed by atoms with E-state index in [1.807, 2.05) is 13.8 Å². The molecule has 1 amide bonds. The number of esters is 1. The van der Waals surface area contributed by atoms with Crippen molar-refractivity contribution < 1.29 is 14.3 Å². The molecule has 1 aliphatic carbocycles. The lowest BCUT2D eigenvalue weighted by Gasteiger charge is -2.02. The predicted molar refractivity (Wildman–Crippen MR) is 95.3 cm³/mol. The van der Waals surface area contributed by atoms with E-state index in [2.05, 4.69) is 20.5 Å². The summed E-state index contributed by atoms with van der Waals surface area (Å²) in [6.07, 6.45) is 5.13. The summed E-state index contributed by atoms with van der Waals surface area (Å²) in [5, 5.41) is 10.4. The average Bonchev–Trinajstić information content (AvgIpc) is 3.12. The minimum absolute atomic E-state index is 0.110. The highest BCUT2D eigenvalue weighted by Gasteiger charge is 2.25. The second-order valence-corrected chi connectivity index (χ2v) is 7.45. The van der Waals surface area contributed by atoms with E-state index in [4.69, 9.17) is 4.74 Å². The molecule has 0 aliphatic heterocycles. The molecule has 2 aromatic heterocycles. The molecule has 134 valence electrons. The molecule has 2 aromatic rings. The first kappa shape index (κ1) is 17.6. The summed E-state index contributed by atoms with van der Waals surface area (Å²) in [7, 11) is 1.32. The lowest BCUT2D eigenvalue weighted by atomic mass is 10.1. The maximum absolute atomic E-state index is 12.6. The van der Waals surface area contributed by atoms with E-state index in [9.17, 15) is 9.59 Å². The fourth-order valence-corrected chi connectivity index (χ4v) is 3.97. The molecule has 0 saturated heterocycles. The summed E-state index contributed by atoms with van der Waals surface area (Å²) in [4.78, 5) is 29.6. The number of rotatable bonds is 4. The second kappa shape index (κ2) is 7.35. The molecule has 0 aromatic carbocycles. The van der Waals surface area contributed by atoms with Crippen LogP contribution in [-0.2, 0) is 17.6 Å². The maximum atomic E-state index is 12.6. The summed E-state index contributed by atoms with van der Waals surface area (Å²) in [6, 6.07) is 0. The van der Waals surface area contributed by atoms with E-state index in [1.165, 1.54) is 18.4 Å². The van der Waals surface area contributed by atoms with Gasteiger partial charge >= 0.3 is 5.97 Å². The van der Waals surface area contributed by atoms with Crippen molar-refractivity contribution in [2.45, 2.75) is 51.9 Å². The van der Waals surface area contributed by atoms with Crippen LogP contribution in [0.2, 0.25) is 0 Å². The van der Waals surface area contributed by atoms with E-state index in [-0.39, 0.29) is 17.5 Å². The summed E-state index contributed by atoms with van der Waals surface area (Å²) in [5.74, 6) is -0.673. The molecule has 0 bridgehead atoms. The summed E-state index contributed by atoms with van der Waals surface area (Å²) in [5.41, 5.74) is 2.75. The third-order valence-corrected chi connectivity index (χ3v) is 5.57. The highest BCUT2D eigenvalue weighted by molar-refractivity contribution is 7.16. The van der Waals surface area contributed by atoms with Gasteiger partial charge in [-0.15, -0.1) is 11.3 Å². The molecule has 0 fully saturated rings. The molecule has 3 rings (SSSR count). The molecule has 1 aliphatic rings. The lowest BCUT2D eigenvalue weighted by molar-refractivity contribution is 0.0593. The Balaban J connectivity index is 1.84. The van der Waals surface area contributed by atoms with Gasteiger partial charge in [0.05, 0.1) is 7.11 Å². The number of aromatic amines is 1. The number of hydrogen-bond donors (Lipinski definition) is 2. The first-order chi connectivity index (χ1) is 12.0. The van der Waals surface area contributed by atoms with Gasteiger partial charge < -0.3 is 4.74 Å². The zero-order chi connectivity index (χ0) is 18.0. The first-order valence-electron chi connectivity index (χ1n) is 8.47. The van der Waals surface area contributed by atoms with E-state index in [0.29, 0.717) is 10.8 Å². The molecule has 0 radical (unpaired) electrons. The molecule has 0 atom stereocenters. The molecule has 0 spiro atoms. The number of nitrogens with one attached hydrogen (secondary N) is 2. The minimum Gasteiger partial charge on any atom is -0.464 e. The number of aromatic nitrogens is 3. The van der Waals surface area contributed by atoms with E-state index in [0.717, 1.165) is 48.2 Å². The van der Waals surface area contributed by atoms with Crippen molar-refractivity contribution in [1.82, 2.24) is 15.2 Å². The monoisotopic (exact) mass is 362 g/mol. The van der Waals surface area contributed by atoms with Crippen molar-refractivity contribution >= 4 is 28.3 Å². The maximum Gasteiger partial charge on any atom is 0.357 e. The number of carbonyl (C=O) groups is 2. The van der Waals surface area contributed by atoms with Crippen LogP contribution in [0.3, 0.4) is 0 Å². The number of amides is 1. The Morgan fingerprint density at radius 1 is 1.20 bits per heavy atom. The van der Waals surface area contributed by atoms with Crippen molar-refractivity contribution in [2.24, 2.45) is 0 Å². The molecule has 7 nitrogen and oxygen atoms in total. The highest BCUT2D eigenvalue weighted by Crippen LogP contribution is 2.31. The van der Waals surface area contributed by atoms with Crippen molar-refractivity contribution in [3.8, 4) is 0 Å². The number of methoxy groups -OCH3 is 1. The lowest BCUT2D eigenvalue weighted by Crippen LogP contribution is -2.15. The van der Waals surface area contributed by atoms with Crippen LogP contribution in [0.25, 0.3) is 0 Å². The number of ether oxygens (including phenoxy) is 1. The topological polar surface area (TPSA) is 97.0 Å². The Bertz CT molecular complexity index is 794. The number of carbonyl (C=O) groups excluding carboxylic acids is 2. The fourth-order valence-electron chi connectivity index (χ4n) is 3.02. The van der Waals surface area contributed by atoms with E-state index < -0.39 is 5.97 Å². The largest absolute Gasteiger partial charge is 0.464 e. The van der Waals surface area contributed by atoms with Crippen LogP contribution in [-0.4, -0.2) is 34.2 Å². The Hall–Kier alpha value is -2.22. The van der Waals surface area contributed by atoms with Gasteiger partial charge in [0.15, 0.2) is 16.5 Å². The third-order valence-electron chi connectivity index (χ3n) is 4.30. The number of nitrogens with zero attached hydrogens (tertiary/aromatic N) is 2. The SMILES string of the molecule is COC(=O)c1nc(NC(=O)c2n[nH]c3c2CCCCC3)sc1C(C)C. The van der Waals surface area contributed by atoms with Crippen molar-refractivity contribution in [3.63, 3.8) is 0 Å². The first-order valence-corrected chi connectivity index (χ1v) is 9.29. The Morgan fingerprint density at radius 3 is 2.68 bits per heavy atom. The summed E-state index contributed by atoms with van der Waals surface area (Å²) >= 11 is 1.30. The van der Waals surface area contributed by atoms with Crippen LogP contribution in [0, 0.1) is 0 Å². The molecule has 8 heteroatoms. The van der Waals surface area contributed by atoms with Crippen molar-refractivity contribution in [2.75, 3.05) is 12.4 Å². The van der Waals surface area contributed by atoms with Gasteiger partial charge in [0.1, 0.15) is 0 Å². The van der Waals surface area contributed by atoms with Gasteiger partial charge in [-0.25, -0.2) is 9.78 Å². The number of hydrogen-bond acceptors (Lipinski definition) is 6. The predicted octanol–water partition coefficient (Wildman–Crippen LogP) is 3.30. The van der Waals surface area contributed by atoms with Gasteiger partial charge in [-0.05, 0) is 31.6 Å². The number of thiazole rings is 1. The van der Waals surface area contributed by atoms with Gasteiger partial charge in [-0.2, -0.15) is 5.10 Å². The number of H-pyrrole nitrogens is 1. The summed E-state index contributed by atoms with van der Waals surface area (Å²) in [6.45, 7) is 3.94. The van der Waals surface area contributed by atoms with Gasteiger partial charge in [0.25, 0.3) is 5.91 Å². The molecular formula is C17H22N4O3S. The second-order valence-electron chi connectivity index (χ2n) is 6.42. The zero-order valence-corrected chi connectivity index (χ0v) is 15.5. The molecule has 2 N–H and O–H groups in total. The van der Waals surface area contributed by atoms with E-state index >= 15 is 0 Å². The Morgan fingerprint density at radius 2 is 1.96 bits per heavy atom. The van der Waals surface area contributed by atoms with Crippen molar-refractivity contribution in [1.29, 1.82) is 0 Å². The molecule has 25 heavy (non-hydrogen) atoms. The third kappa shape index (κ3) is 3.58. The van der Waals surface area contributed by atoms with E-state index in [1.54, 1.807) is 0 Å². The van der Waals surface area contributed by atoms with Crippen LogP contribution in [0.5, 0.6) is 0 Å². The van der Waals surface area contributed by atoms with Gasteiger partial charge in [0, 0.05) is 16.1 Å². The highest BCUT2D eigenvalue weighted by atomic mass is 32.1. The minimum atomic E-state index is -0.492. The number of fused-ring (bicyclic) bond motifs is 1. The Labute approximate surface area is 150 Å². The Kier molecular flexibility index (Phi) is 5.17.